The van der Waals surface area contributed by atoms with Crippen LogP contribution < -0.4 is 0 Å². The van der Waals surface area contributed by atoms with Crippen LogP contribution >= 0.6 is 15.9 Å². The highest BCUT2D eigenvalue weighted by molar-refractivity contribution is 9.10. The van der Waals surface area contributed by atoms with Gasteiger partial charge in [0.1, 0.15) is 5.60 Å². The van der Waals surface area contributed by atoms with E-state index in [9.17, 15) is 5.11 Å². The van der Waals surface area contributed by atoms with Crippen molar-refractivity contribution in [1.82, 2.24) is 4.90 Å². The zero-order chi connectivity index (χ0) is 10.2. The Balaban J connectivity index is 2.22. The summed E-state index contributed by atoms with van der Waals surface area (Å²) in [6, 6.07) is 1.82. The highest BCUT2D eigenvalue weighted by atomic mass is 79.9. The maximum Gasteiger partial charge on any atom is 0.150 e. The zero-order valence-corrected chi connectivity index (χ0v) is 9.75. The molecule has 1 N–H and O–H groups in total. The molecule has 0 radical (unpaired) electrons. The summed E-state index contributed by atoms with van der Waals surface area (Å²) in [6.45, 7) is 4.67. The molecule has 1 aromatic heterocycles. The number of halogens is 1. The van der Waals surface area contributed by atoms with Crippen molar-refractivity contribution in [3.63, 3.8) is 0 Å². The third-order valence-corrected chi connectivity index (χ3v) is 3.44. The second-order valence-corrected chi connectivity index (χ2v) is 4.60. The monoisotopic (exact) mass is 259 g/mol. The van der Waals surface area contributed by atoms with Gasteiger partial charge in [0.15, 0.2) is 5.76 Å². The molecule has 1 unspecified atom stereocenters. The summed E-state index contributed by atoms with van der Waals surface area (Å²) < 4.78 is 6.18. The number of nitrogens with zero attached hydrogens (tertiary/aromatic N) is 1. The van der Waals surface area contributed by atoms with Gasteiger partial charge in [-0.15, -0.1) is 0 Å². The SMILES string of the molecule is CCN1CCC(O)(c2occc2Br)C1. The van der Waals surface area contributed by atoms with E-state index >= 15 is 0 Å². The Labute approximate surface area is 91.8 Å². The highest BCUT2D eigenvalue weighted by Gasteiger charge is 2.40. The first kappa shape index (κ1) is 10.2. The lowest BCUT2D eigenvalue weighted by Gasteiger charge is -2.21. The fourth-order valence-electron chi connectivity index (χ4n) is 1.95. The van der Waals surface area contributed by atoms with Crippen molar-refractivity contribution in [2.24, 2.45) is 0 Å². The summed E-state index contributed by atoms with van der Waals surface area (Å²) >= 11 is 3.38. The molecule has 3 nitrogen and oxygen atoms in total. The van der Waals surface area contributed by atoms with Crippen LogP contribution in [0.25, 0.3) is 0 Å². The summed E-state index contributed by atoms with van der Waals surface area (Å²) in [5, 5.41) is 10.4. The summed E-state index contributed by atoms with van der Waals surface area (Å²) in [6.07, 6.45) is 2.35. The fraction of sp³-hybridized carbons (Fsp3) is 0.600. The Morgan fingerprint density at radius 1 is 1.71 bits per heavy atom. The first-order valence-electron chi connectivity index (χ1n) is 4.84. The van der Waals surface area contributed by atoms with E-state index in [2.05, 4.69) is 27.8 Å². The van der Waals surface area contributed by atoms with E-state index < -0.39 is 5.60 Å². The first-order valence-corrected chi connectivity index (χ1v) is 5.63. The number of aliphatic hydroxyl groups is 1. The van der Waals surface area contributed by atoms with Crippen LogP contribution in [0.3, 0.4) is 0 Å². The van der Waals surface area contributed by atoms with Gasteiger partial charge in [0.2, 0.25) is 0 Å². The average molecular weight is 260 g/mol. The standard InChI is InChI=1S/C10H14BrNO2/c1-2-12-5-4-10(13,7-12)9-8(11)3-6-14-9/h3,6,13H,2,4-5,7H2,1H3. The summed E-state index contributed by atoms with van der Waals surface area (Å²) in [4.78, 5) is 2.22. The molecule has 1 aromatic rings. The van der Waals surface area contributed by atoms with Gasteiger partial charge in [0, 0.05) is 13.1 Å². The molecular formula is C10H14BrNO2. The number of likely N-dealkylation sites (tertiary alicyclic amines) is 1. The van der Waals surface area contributed by atoms with E-state index in [-0.39, 0.29) is 0 Å². The Bertz CT molecular complexity index is 326. The van der Waals surface area contributed by atoms with Gasteiger partial charge in [-0.2, -0.15) is 0 Å². The predicted octanol–water partition coefficient (Wildman–Crippen LogP) is 1.96. The number of likely N-dealkylation sites (N-methyl/N-ethyl adjacent to an activating group) is 1. The topological polar surface area (TPSA) is 36.6 Å². The van der Waals surface area contributed by atoms with Crippen molar-refractivity contribution < 1.29 is 9.52 Å². The Hall–Kier alpha value is -0.320. The van der Waals surface area contributed by atoms with Crippen LogP contribution in [0.15, 0.2) is 21.2 Å². The van der Waals surface area contributed by atoms with Gasteiger partial charge < -0.3 is 14.4 Å². The summed E-state index contributed by atoms with van der Waals surface area (Å²) in [5.41, 5.74) is -0.807. The predicted molar refractivity (Wildman–Crippen MR) is 57.0 cm³/mol. The van der Waals surface area contributed by atoms with Crippen LogP contribution in [0, 0.1) is 0 Å². The summed E-state index contributed by atoms with van der Waals surface area (Å²) in [5.74, 6) is 0.661. The van der Waals surface area contributed by atoms with Gasteiger partial charge in [-0.1, -0.05) is 6.92 Å². The van der Waals surface area contributed by atoms with Crippen LogP contribution in [0.2, 0.25) is 0 Å². The van der Waals surface area contributed by atoms with E-state index in [1.165, 1.54) is 0 Å². The van der Waals surface area contributed by atoms with E-state index in [1.54, 1.807) is 6.26 Å². The number of furan rings is 1. The smallest absolute Gasteiger partial charge is 0.150 e. The van der Waals surface area contributed by atoms with Gasteiger partial charge in [-0.3, -0.25) is 0 Å². The Morgan fingerprint density at radius 2 is 2.50 bits per heavy atom. The molecule has 78 valence electrons. The highest BCUT2D eigenvalue weighted by Crippen LogP contribution is 2.36. The summed E-state index contributed by atoms with van der Waals surface area (Å²) in [7, 11) is 0. The maximum atomic E-state index is 10.4. The molecule has 1 saturated heterocycles. The minimum Gasteiger partial charge on any atom is -0.465 e. The van der Waals surface area contributed by atoms with E-state index in [4.69, 9.17) is 4.42 Å². The molecule has 0 aromatic carbocycles. The van der Waals surface area contributed by atoms with E-state index in [1.807, 2.05) is 6.07 Å². The molecule has 2 heterocycles. The number of rotatable bonds is 2. The molecule has 1 aliphatic heterocycles. The molecule has 2 rings (SSSR count). The van der Waals surface area contributed by atoms with Gasteiger partial charge in [-0.25, -0.2) is 0 Å². The van der Waals surface area contributed by atoms with Gasteiger partial charge in [0.25, 0.3) is 0 Å². The fourth-order valence-corrected chi connectivity index (χ4v) is 2.52. The molecule has 0 saturated carbocycles. The van der Waals surface area contributed by atoms with Crippen molar-refractivity contribution >= 4 is 15.9 Å². The number of β-amino-alcohol motifs (C(OH)–C–C–N with tert-alkyl or cyclic N) is 1. The van der Waals surface area contributed by atoms with Crippen molar-refractivity contribution in [3.05, 3.63) is 22.6 Å². The van der Waals surface area contributed by atoms with Crippen LogP contribution in [0.4, 0.5) is 0 Å². The average Bonchev–Trinajstić information content (AvgIpc) is 2.73. The van der Waals surface area contributed by atoms with Crippen molar-refractivity contribution in [2.45, 2.75) is 18.9 Å². The molecule has 0 aliphatic carbocycles. The molecular weight excluding hydrogens is 246 g/mol. The number of hydrogen-bond acceptors (Lipinski definition) is 3. The normalized spacial score (nSPS) is 28.5. The van der Waals surface area contributed by atoms with Crippen molar-refractivity contribution in [1.29, 1.82) is 0 Å². The molecule has 1 aliphatic rings. The zero-order valence-electron chi connectivity index (χ0n) is 8.16. The molecule has 14 heavy (non-hydrogen) atoms. The minimum atomic E-state index is -0.807. The largest absolute Gasteiger partial charge is 0.465 e. The lowest BCUT2D eigenvalue weighted by atomic mass is 10.0. The second-order valence-electron chi connectivity index (χ2n) is 3.75. The maximum absolute atomic E-state index is 10.4. The molecule has 4 heteroatoms. The third-order valence-electron chi connectivity index (χ3n) is 2.81. The lowest BCUT2D eigenvalue weighted by Crippen LogP contribution is -2.30. The Morgan fingerprint density at radius 3 is 3.00 bits per heavy atom. The van der Waals surface area contributed by atoms with Gasteiger partial charge in [-0.05, 0) is 35.0 Å². The molecule has 0 amide bonds. The molecule has 1 atom stereocenters. The Kier molecular flexibility index (Phi) is 2.68. The first-order chi connectivity index (χ1) is 6.65. The van der Waals surface area contributed by atoms with Gasteiger partial charge >= 0.3 is 0 Å². The minimum absolute atomic E-state index is 0.661. The van der Waals surface area contributed by atoms with Crippen molar-refractivity contribution in [2.75, 3.05) is 19.6 Å². The van der Waals surface area contributed by atoms with E-state index in [0.29, 0.717) is 12.3 Å². The number of hydrogen-bond donors (Lipinski definition) is 1. The second kappa shape index (κ2) is 3.68. The van der Waals surface area contributed by atoms with E-state index in [0.717, 1.165) is 24.0 Å². The molecule has 1 fully saturated rings. The van der Waals surface area contributed by atoms with Crippen LogP contribution in [-0.4, -0.2) is 29.6 Å². The van der Waals surface area contributed by atoms with Crippen LogP contribution in [-0.2, 0) is 5.60 Å². The van der Waals surface area contributed by atoms with Crippen LogP contribution in [0.1, 0.15) is 19.1 Å². The molecule has 0 spiro atoms. The quantitative estimate of drug-likeness (QED) is 0.883. The van der Waals surface area contributed by atoms with Crippen LogP contribution in [0.5, 0.6) is 0 Å². The molecule has 0 bridgehead atoms. The third kappa shape index (κ3) is 1.62. The van der Waals surface area contributed by atoms with Crippen molar-refractivity contribution in [3.8, 4) is 0 Å². The van der Waals surface area contributed by atoms with Gasteiger partial charge in [0.05, 0.1) is 10.7 Å². The lowest BCUT2D eigenvalue weighted by molar-refractivity contribution is 0.0239.